The minimum Gasteiger partial charge on any atom is -0.352 e. The van der Waals surface area contributed by atoms with Crippen molar-refractivity contribution in [3.63, 3.8) is 0 Å². The van der Waals surface area contributed by atoms with E-state index in [0.29, 0.717) is 5.56 Å². The first-order chi connectivity index (χ1) is 9.65. The van der Waals surface area contributed by atoms with E-state index in [0.717, 1.165) is 25.9 Å². The van der Waals surface area contributed by atoms with Crippen LogP contribution in [0.5, 0.6) is 0 Å². The van der Waals surface area contributed by atoms with Crippen molar-refractivity contribution in [1.29, 1.82) is 0 Å². The van der Waals surface area contributed by atoms with Crippen molar-refractivity contribution in [3.05, 3.63) is 35.6 Å². The number of ketones is 1. The summed E-state index contributed by atoms with van der Waals surface area (Å²) in [6.07, 6.45) is 2.36. The molecule has 0 spiro atoms. The van der Waals surface area contributed by atoms with Crippen LogP contribution in [0.15, 0.2) is 24.3 Å². The van der Waals surface area contributed by atoms with Crippen LogP contribution in [0.3, 0.4) is 0 Å². The molecule has 1 heterocycles. The molecule has 1 fully saturated rings. The lowest BCUT2D eigenvalue weighted by molar-refractivity contribution is -0.121. The molecule has 0 aliphatic carbocycles. The number of carbonyl (C=O) groups is 2. The average Bonchev–Trinajstić information content (AvgIpc) is 2.46. The summed E-state index contributed by atoms with van der Waals surface area (Å²) in [7, 11) is 0. The average molecular weight is 278 g/mol. The van der Waals surface area contributed by atoms with Crippen LogP contribution < -0.4 is 10.6 Å². The number of benzene rings is 1. The van der Waals surface area contributed by atoms with Gasteiger partial charge in [-0.1, -0.05) is 0 Å². The standard InChI is InChI=1S/C15H19FN2O2/c16-12-5-3-11(4-6-12)14(19)7-8-15(20)18-13-2-1-9-17-10-13/h3-6,13,17H,1-2,7-10H2,(H,18,20). The van der Waals surface area contributed by atoms with Crippen LogP contribution >= 0.6 is 0 Å². The number of hydrogen-bond donors (Lipinski definition) is 2. The van der Waals surface area contributed by atoms with Gasteiger partial charge in [0.1, 0.15) is 5.82 Å². The van der Waals surface area contributed by atoms with Crippen LogP contribution in [0.2, 0.25) is 0 Å². The lowest BCUT2D eigenvalue weighted by Gasteiger charge is -2.23. The lowest BCUT2D eigenvalue weighted by atomic mass is 10.1. The summed E-state index contributed by atoms with van der Waals surface area (Å²) in [6.45, 7) is 1.78. The van der Waals surface area contributed by atoms with Gasteiger partial charge >= 0.3 is 0 Å². The van der Waals surface area contributed by atoms with Crippen LogP contribution in [0, 0.1) is 5.82 Å². The van der Waals surface area contributed by atoms with E-state index in [2.05, 4.69) is 10.6 Å². The molecule has 0 saturated carbocycles. The Bertz CT molecular complexity index is 467. The molecule has 4 nitrogen and oxygen atoms in total. The normalized spacial score (nSPS) is 18.6. The SMILES string of the molecule is O=C(CCC(=O)c1ccc(F)cc1)NC1CCCNC1. The third-order valence-corrected chi connectivity index (χ3v) is 3.41. The molecule has 20 heavy (non-hydrogen) atoms. The highest BCUT2D eigenvalue weighted by Crippen LogP contribution is 2.08. The number of hydrogen-bond acceptors (Lipinski definition) is 3. The van der Waals surface area contributed by atoms with E-state index in [-0.39, 0.29) is 36.4 Å². The van der Waals surface area contributed by atoms with Gasteiger partial charge in [0.25, 0.3) is 0 Å². The largest absolute Gasteiger partial charge is 0.352 e. The molecule has 1 aliphatic heterocycles. The minimum atomic E-state index is -0.371. The molecule has 108 valence electrons. The summed E-state index contributed by atoms with van der Waals surface area (Å²) in [5.41, 5.74) is 0.443. The van der Waals surface area contributed by atoms with Crippen LogP contribution in [0.25, 0.3) is 0 Å². The maximum absolute atomic E-state index is 12.7. The Morgan fingerprint density at radius 3 is 2.65 bits per heavy atom. The van der Waals surface area contributed by atoms with Crippen LogP contribution in [0.1, 0.15) is 36.0 Å². The van der Waals surface area contributed by atoms with Crippen molar-refractivity contribution >= 4 is 11.7 Å². The molecule has 0 bridgehead atoms. The summed E-state index contributed by atoms with van der Waals surface area (Å²) in [5.74, 6) is -0.611. The Hall–Kier alpha value is -1.75. The van der Waals surface area contributed by atoms with Crippen LogP contribution in [-0.2, 0) is 4.79 Å². The van der Waals surface area contributed by atoms with Gasteiger partial charge in [-0.25, -0.2) is 4.39 Å². The first-order valence-electron chi connectivity index (χ1n) is 6.94. The first-order valence-corrected chi connectivity index (χ1v) is 6.94. The maximum atomic E-state index is 12.7. The van der Waals surface area contributed by atoms with E-state index in [1.165, 1.54) is 24.3 Å². The molecule has 1 aliphatic rings. The lowest BCUT2D eigenvalue weighted by Crippen LogP contribution is -2.45. The second-order valence-corrected chi connectivity index (χ2v) is 5.04. The smallest absolute Gasteiger partial charge is 0.220 e. The second-order valence-electron chi connectivity index (χ2n) is 5.04. The number of Topliss-reactive ketones (excluding diaryl/α,β-unsaturated/α-hetero) is 1. The van der Waals surface area contributed by atoms with Gasteiger partial charge in [0.2, 0.25) is 5.91 Å². The fourth-order valence-corrected chi connectivity index (χ4v) is 2.28. The predicted octanol–water partition coefficient (Wildman–Crippen LogP) is 1.66. The van der Waals surface area contributed by atoms with E-state index in [1.54, 1.807) is 0 Å². The number of carbonyl (C=O) groups excluding carboxylic acids is 2. The third kappa shape index (κ3) is 4.42. The van der Waals surface area contributed by atoms with Gasteiger partial charge in [0.05, 0.1) is 0 Å². The van der Waals surface area contributed by atoms with Crippen molar-refractivity contribution < 1.29 is 14.0 Å². The summed E-state index contributed by atoms with van der Waals surface area (Å²) in [5, 5.41) is 6.14. The highest BCUT2D eigenvalue weighted by Gasteiger charge is 2.16. The van der Waals surface area contributed by atoms with Gasteiger partial charge in [-0.2, -0.15) is 0 Å². The molecule has 1 saturated heterocycles. The molecule has 0 radical (unpaired) electrons. The van der Waals surface area contributed by atoms with Gasteiger partial charge in [-0.3, -0.25) is 9.59 Å². The molecular weight excluding hydrogens is 259 g/mol. The molecule has 1 amide bonds. The zero-order valence-electron chi connectivity index (χ0n) is 11.3. The van der Waals surface area contributed by atoms with E-state index in [4.69, 9.17) is 0 Å². The Morgan fingerprint density at radius 1 is 1.25 bits per heavy atom. The third-order valence-electron chi connectivity index (χ3n) is 3.41. The van der Waals surface area contributed by atoms with Crippen molar-refractivity contribution in [1.82, 2.24) is 10.6 Å². The van der Waals surface area contributed by atoms with Crippen LogP contribution in [-0.4, -0.2) is 30.8 Å². The topological polar surface area (TPSA) is 58.2 Å². The fourth-order valence-electron chi connectivity index (χ4n) is 2.28. The Kier molecular flexibility index (Phi) is 5.24. The number of nitrogens with one attached hydrogen (secondary N) is 2. The molecule has 5 heteroatoms. The van der Waals surface area contributed by atoms with Gasteiger partial charge in [0.15, 0.2) is 5.78 Å². The van der Waals surface area contributed by atoms with Crippen molar-refractivity contribution in [3.8, 4) is 0 Å². The predicted molar refractivity (Wildman–Crippen MR) is 74.0 cm³/mol. The Morgan fingerprint density at radius 2 is 2.00 bits per heavy atom. The highest BCUT2D eigenvalue weighted by molar-refractivity contribution is 5.97. The van der Waals surface area contributed by atoms with E-state index in [1.807, 2.05) is 0 Å². The number of rotatable bonds is 5. The molecule has 2 rings (SSSR count). The number of halogens is 1. The summed E-state index contributed by atoms with van der Waals surface area (Å²) >= 11 is 0. The van der Waals surface area contributed by atoms with Gasteiger partial charge in [-0.15, -0.1) is 0 Å². The summed E-state index contributed by atoms with van der Waals surface area (Å²) in [4.78, 5) is 23.6. The second kappa shape index (κ2) is 7.14. The molecular formula is C15H19FN2O2. The Labute approximate surface area is 117 Å². The minimum absolute atomic E-state index is 0.103. The van der Waals surface area contributed by atoms with Gasteiger partial charge in [-0.05, 0) is 43.7 Å². The quantitative estimate of drug-likeness (QED) is 0.805. The van der Waals surface area contributed by atoms with Crippen molar-refractivity contribution in [2.24, 2.45) is 0 Å². The molecule has 1 unspecified atom stereocenters. The molecule has 1 aromatic carbocycles. The van der Waals surface area contributed by atoms with Crippen molar-refractivity contribution in [2.45, 2.75) is 31.7 Å². The van der Waals surface area contributed by atoms with E-state index >= 15 is 0 Å². The summed E-state index contributed by atoms with van der Waals surface area (Å²) < 4.78 is 12.7. The number of amides is 1. The summed E-state index contributed by atoms with van der Waals surface area (Å²) in [6, 6.07) is 5.56. The Balaban J connectivity index is 1.75. The molecule has 2 N–H and O–H groups in total. The maximum Gasteiger partial charge on any atom is 0.220 e. The monoisotopic (exact) mass is 278 g/mol. The zero-order valence-corrected chi connectivity index (χ0v) is 11.3. The molecule has 0 aromatic heterocycles. The van der Waals surface area contributed by atoms with E-state index < -0.39 is 0 Å². The zero-order chi connectivity index (χ0) is 14.4. The van der Waals surface area contributed by atoms with Crippen molar-refractivity contribution in [2.75, 3.05) is 13.1 Å². The van der Waals surface area contributed by atoms with Gasteiger partial charge in [0, 0.05) is 31.0 Å². The fraction of sp³-hybridized carbons (Fsp3) is 0.467. The molecule has 1 atom stereocenters. The van der Waals surface area contributed by atoms with E-state index in [9.17, 15) is 14.0 Å². The highest BCUT2D eigenvalue weighted by atomic mass is 19.1. The number of piperidine rings is 1. The van der Waals surface area contributed by atoms with Gasteiger partial charge < -0.3 is 10.6 Å². The first kappa shape index (κ1) is 14.7. The van der Waals surface area contributed by atoms with Crippen LogP contribution in [0.4, 0.5) is 4.39 Å². The molecule has 1 aromatic rings.